The van der Waals surface area contributed by atoms with Crippen LogP contribution in [0.15, 0.2) is 18.2 Å². The van der Waals surface area contributed by atoms with Crippen molar-refractivity contribution in [3.8, 4) is 0 Å². The highest BCUT2D eigenvalue weighted by molar-refractivity contribution is 5.80. The van der Waals surface area contributed by atoms with Gasteiger partial charge in [0.15, 0.2) is 12.5 Å². The van der Waals surface area contributed by atoms with Gasteiger partial charge in [0.05, 0.1) is 36.5 Å². The zero-order valence-corrected chi connectivity index (χ0v) is 19.8. The van der Waals surface area contributed by atoms with Gasteiger partial charge in [0.25, 0.3) is 5.92 Å². The molecule has 1 atom stereocenters. The standard InChI is InChI=1S/C23H24F6N4O4/c1-11-30-14(10-15(34)33-22(6-7-22)23(27,28)29)16(20-36-8-9-37-20)18(31-11)32-19(35)12-4-3-5-13(17(12)24)21(2,25)26/h3-5,19-20,35H,6-10H2,1-2H3,(H,33,34)(H,30,31,32). The molecule has 1 unspecified atom stereocenters. The van der Waals surface area contributed by atoms with Crippen molar-refractivity contribution in [3.05, 3.63) is 52.2 Å². The predicted octanol–water partition coefficient (Wildman–Crippen LogP) is 3.94. The largest absolute Gasteiger partial charge is 0.411 e. The van der Waals surface area contributed by atoms with Crippen LogP contribution in [0.2, 0.25) is 0 Å². The van der Waals surface area contributed by atoms with Crippen LogP contribution in [0, 0.1) is 12.7 Å². The highest BCUT2D eigenvalue weighted by Crippen LogP contribution is 2.49. The first-order chi connectivity index (χ1) is 17.2. The van der Waals surface area contributed by atoms with Crippen molar-refractivity contribution in [2.45, 2.75) is 63.3 Å². The fourth-order valence-corrected chi connectivity index (χ4v) is 4.03. The molecule has 1 aliphatic heterocycles. The Kier molecular flexibility index (Phi) is 7.12. The number of carbonyl (C=O) groups excluding carboxylic acids is 1. The van der Waals surface area contributed by atoms with Crippen LogP contribution in [0.1, 0.15) is 60.5 Å². The van der Waals surface area contributed by atoms with Crippen LogP contribution in [0.25, 0.3) is 0 Å². The number of aliphatic hydroxyl groups is 1. The summed E-state index contributed by atoms with van der Waals surface area (Å²) in [7, 11) is 0. The summed E-state index contributed by atoms with van der Waals surface area (Å²) in [4.78, 5) is 20.9. The number of rotatable bonds is 8. The Morgan fingerprint density at radius 3 is 2.41 bits per heavy atom. The van der Waals surface area contributed by atoms with Gasteiger partial charge in [-0.05, 0) is 19.8 Å². The lowest BCUT2D eigenvalue weighted by Gasteiger charge is -2.24. The first-order valence-corrected chi connectivity index (χ1v) is 11.3. The molecular weight excluding hydrogens is 510 g/mol. The summed E-state index contributed by atoms with van der Waals surface area (Å²) in [6.45, 7) is 2.23. The summed E-state index contributed by atoms with van der Waals surface area (Å²) in [6, 6.07) is 3.13. The number of nitrogens with zero attached hydrogens (tertiary/aromatic N) is 2. The predicted molar refractivity (Wildman–Crippen MR) is 116 cm³/mol. The highest BCUT2D eigenvalue weighted by Gasteiger charge is 2.64. The van der Waals surface area contributed by atoms with E-state index in [1.807, 2.05) is 5.32 Å². The van der Waals surface area contributed by atoms with Crippen molar-refractivity contribution in [3.63, 3.8) is 0 Å². The lowest BCUT2D eigenvalue weighted by atomic mass is 10.0. The first kappa shape index (κ1) is 27.1. The van der Waals surface area contributed by atoms with Gasteiger partial charge in [-0.15, -0.1) is 0 Å². The monoisotopic (exact) mass is 534 g/mol. The molecule has 1 amide bonds. The van der Waals surface area contributed by atoms with Crippen LogP contribution in [0.4, 0.5) is 32.2 Å². The molecule has 1 saturated heterocycles. The number of halogens is 6. The van der Waals surface area contributed by atoms with Crippen molar-refractivity contribution in [1.82, 2.24) is 15.3 Å². The van der Waals surface area contributed by atoms with Gasteiger partial charge in [0, 0.05) is 12.5 Å². The SMILES string of the molecule is Cc1nc(CC(=O)NC2(C(F)(F)F)CC2)c(C2OCCO2)c(NC(O)c2cccc(C(C)(F)F)c2F)n1. The molecule has 1 aromatic carbocycles. The summed E-state index contributed by atoms with van der Waals surface area (Å²) in [5.41, 5.74) is -3.75. The topological polar surface area (TPSA) is 106 Å². The first-order valence-electron chi connectivity index (χ1n) is 11.3. The quantitative estimate of drug-likeness (QED) is 0.348. The fraction of sp³-hybridized carbons (Fsp3) is 0.522. The number of alkyl halides is 5. The van der Waals surface area contributed by atoms with Crippen molar-refractivity contribution in [2.24, 2.45) is 0 Å². The molecule has 4 rings (SSSR count). The molecule has 37 heavy (non-hydrogen) atoms. The van der Waals surface area contributed by atoms with E-state index in [2.05, 4.69) is 15.3 Å². The Hall–Kier alpha value is -2.97. The molecular formula is C23H24F6N4O4. The van der Waals surface area contributed by atoms with E-state index in [9.17, 15) is 36.2 Å². The third kappa shape index (κ3) is 5.65. The van der Waals surface area contributed by atoms with Gasteiger partial charge < -0.3 is 25.2 Å². The maximum Gasteiger partial charge on any atom is 0.411 e. The minimum absolute atomic E-state index is 0.00606. The van der Waals surface area contributed by atoms with Gasteiger partial charge in [-0.1, -0.05) is 18.2 Å². The molecule has 0 spiro atoms. The van der Waals surface area contributed by atoms with Crippen molar-refractivity contribution >= 4 is 11.7 Å². The van der Waals surface area contributed by atoms with Crippen molar-refractivity contribution < 1.29 is 45.7 Å². The number of nitrogens with one attached hydrogen (secondary N) is 2. The number of ether oxygens (including phenoxy) is 2. The van der Waals surface area contributed by atoms with Gasteiger partial charge in [-0.25, -0.2) is 23.1 Å². The number of aromatic nitrogens is 2. The van der Waals surface area contributed by atoms with Gasteiger partial charge in [-0.3, -0.25) is 4.79 Å². The van der Waals surface area contributed by atoms with E-state index >= 15 is 0 Å². The summed E-state index contributed by atoms with van der Waals surface area (Å²) in [5.74, 6) is -5.91. The highest BCUT2D eigenvalue weighted by atomic mass is 19.4. The maximum absolute atomic E-state index is 14.8. The average Bonchev–Trinajstić information content (AvgIpc) is 3.36. The second-order valence-electron chi connectivity index (χ2n) is 9.00. The van der Waals surface area contributed by atoms with Gasteiger partial charge >= 0.3 is 6.18 Å². The molecule has 0 bridgehead atoms. The van der Waals surface area contributed by atoms with E-state index in [4.69, 9.17) is 9.47 Å². The van der Waals surface area contributed by atoms with Gasteiger partial charge in [0.1, 0.15) is 23.0 Å². The normalized spacial score (nSPS) is 18.5. The average molecular weight is 534 g/mol. The molecule has 1 aromatic heterocycles. The number of hydrogen-bond acceptors (Lipinski definition) is 7. The number of aliphatic hydroxyl groups excluding tert-OH is 1. The molecule has 2 fully saturated rings. The van der Waals surface area contributed by atoms with Crippen molar-refractivity contribution in [1.29, 1.82) is 0 Å². The zero-order valence-electron chi connectivity index (χ0n) is 19.8. The van der Waals surface area contributed by atoms with Crippen molar-refractivity contribution in [2.75, 3.05) is 18.5 Å². The van der Waals surface area contributed by atoms with Crippen LogP contribution >= 0.6 is 0 Å². The summed E-state index contributed by atoms with van der Waals surface area (Å²) >= 11 is 0. The minimum atomic E-state index is -4.62. The van der Waals surface area contributed by atoms with E-state index in [1.165, 1.54) is 6.92 Å². The van der Waals surface area contributed by atoms with Crippen LogP contribution in [0.3, 0.4) is 0 Å². The third-order valence-electron chi connectivity index (χ3n) is 6.06. The Morgan fingerprint density at radius 1 is 1.19 bits per heavy atom. The zero-order chi connectivity index (χ0) is 27.2. The molecule has 202 valence electrons. The van der Waals surface area contributed by atoms with E-state index < -0.39 is 59.4 Å². The Bertz CT molecular complexity index is 1180. The third-order valence-corrected chi connectivity index (χ3v) is 6.06. The lowest BCUT2D eigenvalue weighted by Crippen LogP contribution is -2.48. The smallest absolute Gasteiger partial charge is 0.369 e. The summed E-state index contributed by atoms with van der Waals surface area (Å²) < 4.78 is 93.2. The summed E-state index contributed by atoms with van der Waals surface area (Å²) in [6.07, 6.45) is -8.73. The second-order valence-corrected chi connectivity index (χ2v) is 9.00. The van der Waals surface area contributed by atoms with Crippen LogP contribution in [-0.2, 0) is 26.6 Å². The van der Waals surface area contributed by atoms with Gasteiger partial charge in [-0.2, -0.15) is 13.2 Å². The molecule has 0 radical (unpaired) electrons. The minimum Gasteiger partial charge on any atom is -0.369 e. The van der Waals surface area contributed by atoms with E-state index in [0.29, 0.717) is 6.92 Å². The Labute approximate surface area is 207 Å². The molecule has 1 aliphatic carbocycles. The Morgan fingerprint density at radius 2 is 1.84 bits per heavy atom. The molecule has 8 nitrogen and oxygen atoms in total. The van der Waals surface area contributed by atoms with E-state index in [0.717, 1.165) is 18.2 Å². The number of anilines is 1. The summed E-state index contributed by atoms with van der Waals surface area (Å²) in [5, 5.41) is 15.2. The lowest BCUT2D eigenvalue weighted by molar-refractivity contribution is -0.170. The van der Waals surface area contributed by atoms with E-state index in [-0.39, 0.29) is 49.0 Å². The maximum atomic E-state index is 14.8. The number of benzene rings is 1. The molecule has 2 aromatic rings. The molecule has 2 heterocycles. The molecule has 14 heteroatoms. The number of carbonyl (C=O) groups is 1. The van der Waals surface area contributed by atoms with Gasteiger partial charge in [0.2, 0.25) is 5.91 Å². The number of hydrogen-bond donors (Lipinski definition) is 3. The molecule has 3 N–H and O–H groups in total. The van der Waals surface area contributed by atoms with E-state index in [1.54, 1.807) is 0 Å². The molecule has 2 aliphatic rings. The Balaban J connectivity index is 1.66. The van der Waals surface area contributed by atoms with Crippen LogP contribution in [0.5, 0.6) is 0 Å². The van der Waals surface area contributed by atoms with Crippen LogP contribution in [-0.4, -0.2) is 45.9 Å². The second kappa shape index (κ2) is 9.72. The number of aryl methyl sites for hydroxylation is 1. The van der Waals surface area contributed by atoms with Crippen LogP contribution < -0.4 is 10.6 Å². The number of amides is 1. The fourth-order valence-electron chi connectivity index (χ4n) is 4.03. The molecule has 1 saturated carbocycles.